The number of non-ortho nitro benzene ring substituents is 1. The zero-order valence-corrected chi connectivity index (χ0v) is 14.5. The Morgan fingerprint density at radius 2 is 1.64 bits per heavy atom. The maximum absolute atomic E-state index is 12.3. The molecular weight excluding hydrogens is 417 g/mol. The molecule has 0 amide bonds. The first-order valence-corrected chi connectivity index (χ1v) is 8.86. The molecule has 0 fully saturated rings. The van der Waals surface area contributed by atoms with Crippen molar-refractivity contribution in [2.45, 2.75) is 11.8 Å². The van der Waals surface area contributed by atoms with Crippen LogP contribution in [0.4, 0.5) is 5.69 Å². The normalized spacial score (nSPS) is 12.2. The fraction of sp³-hybridized carbons (Fsp3) is 0.0667. The second-order valence-electron chi connectivity index (χ2n) is 4.63. The van der Waals surface area contributed by atoms with Crippen LogP contribution in [0.5, 0.6) is 0 Å². The van der Waals surface area contributed by atoms with Crippen LogP contribution in [0.25, 0.3) is 3.58 Å². The van der Waals surface area contributed by atoms with Gasteiger partial charge in [-0.3, -0.25) is 10.1 Å². The summed E-state index contributed by atoms with van der Waals surface area (Å²) in [5, 5.41) is 11.8. The number of nitro benzene ring substituents is 1. The minimum atomic E-state index is -3.55. The van der Waals surface area contributed by atoms with Gasteiger partial charge in [0.15, 0.2) is 0 Å². The molecular formula is C15H12INO4S. The highest BCUT2D eigenvalue weighted by atomic mass is 127. The van der Waals surface area contributed by atoms with Crippen molar-refractivity contribution in [1.29, 1.82) is 0 Å². The minimum Gasteiger partial charge on any atom is -0.258 e. The summed E-state index contributed by atoms with van der Waals surface area (Å²) in [5.74, 6) is 0. The van der Waals surface area contributed by atoms with Crippen molar-refractivity contribution in [2.75, 3.05) is 0 Å². The summed E-state index contributed by atoms with van der Waals surface area (Å²) in [6, 6.07) is 12.3. The summed E-state index contributed by atoms with van der Waals surface area (Å²) in [7, 11) is -3.55. The predicted molar refractivity (Wildman–Crippen MR) is 93.5 cm³/mol. The quantitative estimate of drug-likeness (QED) is 0.417. The van der Waals surface area contributed by atoms with Crippen LogP contribution in [0, 0.1) is 17.0 Å². The van der Waals surface area contributed by atoms with E-state index in [4.69, 9.17) is 0 Å². The second kappa shape index (κ2) is 6.57. The van der Waals surface area contributed by atoms with Gasteiger partial charge in [-0.2, -0.15) is 0 Å². The molecule has 0 saturated heterocycles. The Hall–Kier alpha value is -1.74. The molecule has 22 heavy (non-hydrogen) atoms. The Morgan fingerprint density at radius 1 is 1.09 bits per heavy atom. The number of nitro groups is 1. The molecule has 0 atom stereocenters. The number of hydrogen-bond acceptors (Lipinski definition) is 4. The SMILES string of the molecule is Cc1ccc(S(=O)(=O)/C=C(\I)c2ccc([N+](=O)[O-])cc2)cc1. The number of aryl methyl sites for hydroxylation is 1. The van der Waals surface area contributed by atoms with E-state index in [1.807, 2.05) is 29.5 Å². The first kappa shape index (κ1) is 16.6. The maximum Gasteiger partial charge on any atom is 0.269 e. The van der Waals surface area contributed by atoms with Gasteiger partial charge in [-0.1, -0.05) is 17.7 Å². The van der Waals surface area contributed by atoms with E-state index in [0.29, 0.717) is 9.14 Å². The highest BCUT2D eigenvalue weighted by molar-refractivity contribution is 14.1. The van der Waals surface area contributed by atoms with Crippen molar-refractivity contribution in [3.05, 3.63) is 75.2 Å². The highest BCUT2D eigenvalue weighted by Gasteiger charge is 2.13. The van der Waals surface area contributed by atoms with Crippen LogP contribution in [0.2, 0.25) is 0 Å². The van der Waals surface area contributed by atoms with Crippen molar-refractivity contribution in [3.63, 3.8) is 0 Å². The molecule has 0 spiro atoms. The largest absolute Gasteiger partial charge is 0.269 e. The molecule has 0 heterocycles. The molecule has 114 valence electrons. The summed E-state index contributed by atoms with van der Waals surface area (Å²) in [4.78, 5) is 10.3. The fourth-order valence-corrected chi connectivity index (χ4v) is 4.17. The van der Waals surface area contributed by atoms with Crippen molar-refractivity contribution in [3.8, 4) is 0 Å². The average molecular weight is 429 g/mol. The van der Waals surface area contributed by atoms with Gasteiger partial charge in [-0.25, -0.2) is 8.42 Å². The fourth-order valence-electron chi connectivity index (χ4n) is 1.74. The van der Waals surface area contributed by atoms with Gasteiger partial charge in [-0.15, -0.1) is 0 Å². The van der Waals surface area contributed by atoms with E-state index in [1.165, 1.54) is 29.7 Å². The zero-order chi connectivity index (χ0) is 16.3. The number of rotatable bonds is 4. The first-order valence-electron chi connectivity index (χ1n) is 6.23. The van der Waals surface area contributed by atoms with E-state index in [2.05, 4.69) is 0 Å². The Labute approximate surface area is 141 Å². The van der Waals surface area contributed by atoms with Crippen LogP contribution in [0.3, 0.4) is 0 Å². The molecule has 5 nitrogen and oxygen atoms in total. The summed E-state index contributed by atoms with van der Waals surface area (Å²) < 4.78 is 25.1. The zero-order valence-electron chi connectivity index (χ0n) is 11.6. The van der Waals surface area contributed by atoms with Crippen LogP contribution in [0.15, 0.2) is 58.8 Å². The van der Waals surface area contributed by atoms with Crippen LogP contribution in [-0.4, -0.2) is 13.3 Å². The van der Waals surface area contributed by atoms with E-state index in [-0.39, 0.29) is 10.6 Å². The van der Waals surface area contributed by atoms with Gasteiger partial charge >= 0.3 is 0 Å². The Morgan fingerprint density at radius 3 is 2.14 bits per heavy atom. The van der Waals surface area contributed by atoms with E-state index >= 15 is 0 Å². The summed E-state index contributed by atoms with van der Waals surface area (Å²) >= 11 is 1.91. The van der Waals surface area contributed by atoms with Crippen molar-refractivity contribution >= 4 is 41.7 Å². The molecule has 2 rings (SSSR count). The predicted octanol–water partition coefficient (Wildman–Crippen LogP) is 4.11. The van der Waals surface area contributed by atoms with Crippen LogP contribution >= 0.6 is 22.6 Å². The smallest absolute Gasteiger partial charge is 0.258 e. The summed E-state index contributed by atoms with van der Waals surface area (Å²) in [6.07, 6.45) is 0. The molecule has 0 aliphatic carbocycles. The molecule has 0 saturated carbocycles. The lowest BCUT2D eigenvalue weighted by molar-refractivity contribution is -0.384. The monoisotopic (exact) mass is 429 g/mol. The van der Waals surface area contributed by atoms with Crippen LogP contribution in [0.1, 0.15) is 11.1 Å². The third-order valence-electron chi connectivity index (χ3n) is 2.96. The molecule has 0 bridgehead atoms. The second-order valence-corrected chi connectivity index (χ2v) is 7.59. The highest BCUT2D eigenvalue weighted by Crippen LogP contribution is 2.27. The standard InChI is InChI=1S/C15H12INO4S/c1-11-2-8-14(9-3-11)22(20,21)10-15(16)12-4-6-13(7-5-12)17(18)19/h2-10H,1H3/b15-10-. The van der Waals surface area contributed by atoms with Gasteiger partial charge in [0.2, 0.25) is 9.84 Å². The van der Waals surface area contributed by atoms with Crippen molar-refractivity contribution in [1.82, 2.24) is 0 Å². The lowest BCUT2D eigenvalue weighted by atomic mass is 10.2. The molecule has 0 N–H and O–H groups in total. The number of nitrogens with zero attached hydrogens (tertiary/aromatic N) is 1. The van der Waals surface area contributed by atoms with Crippen molar-refractivity contribution in [2.24, 2.45) is 0 Å². The summed E-state index contributed by atoms with van der Waals surface area (Å²) in [6.45, 7) is 1.88. The maximum atomic E-state index is 12.3. The van der Waals surface area contributed by atoms with Gasteiger partial charge in [0.1, 0.15) is 0 Å². The Bertz CT molecular complexity index is 825. The van der Waals surface area contributed by atoms with E-state index in [1.54, 1.807) is 24.3 Å². The average Bonchev–Trinajstić information content (AvgIpc) is 2.47. The van der Waals surface area contributed by atoms with Gasteiger partial charge in [-0.05, 0) is 59.3 Å². The van der Waals surface area contributed by atoms with Gasteiger partial charge in [0, 0.05) is 21.1 Å². The number of benzene rings is 2. The molecule has 0 aromatic heterocycles. The topological polar surface area (TPSA) is 77.3 Å². The lowest BCUT2D eigenvalue weighted by Gasteiger charge is -2.03. The number of halogens is 1. The molecule has 0 aliphatic heterocycles. The van der Waals surface area contributed by atoms with Gasteiger partial charge in [0.05, 0.1) is 9.82 Å². The molecule has 0 radical (unpaired) electrons. The number of hydrogen-bond donors (Lipinski definition) is 0. The molecule has 2 aromatic rings. The first-order chi connectivity index (χ1) is 10.3. The lowest BCUT2D eigenvalue weighted by Crippen LogP contribution is -1.97. The van der Waals surface area contributed by atoms with E-state index in [9.17, 15) is 18.5 Å². The van der Waals surface area contributed by atoms with Crippen LogP contribution < -0.4 is 0 Å². The van der Waals surface area contributed by atoms with Gasteiger partial charge in [0.25, 0.3) is 5.69 Å². The van der Waals surface area contributed by atoms with Crippen LogP contribution in [-0.2, 0) is 9.84 Å². The van der Waals surface area contributed by atoms with E-state index in [0.717, 1.165) is 5.56 Å². The number of sulfone groups is 1. The third-order valence-corrected chi connectivity index (χ3v) is 5.79. The molecule has 2 aromatic carbocycles. The Kier molecular flexibility index (Phi) is 4.97. The Balaban J connectivity index is 2.34. The van der Waals surface area contributed by atoms with Crippen molar-refractivity contribution < 1.29 is 13.3 Å². The summed E-state index contributed by atoms with van der Waals surface area (Å²) in [5.41, 5.74) is 1.56. The molecule has 0 aliphatic rings. The third kappa shape index (κ3) is 3.92. The molecule has 7 heteroatoms. The van der Waals surface area contributed by atoms with Gasteiger partial charge < -0.3 is 0 Å². The molecule has 0 unspecified atom stereocenters. The minimum absolute atomic E-state index is 0.0330. The van der Waals surface area contributed by atoms with E-state index < -0.39 is 14.8 Å².